The summed E-state index contributed by atoms with van der Waals surface area (Å²) in [6, 6.07) is 9.02. The first-order valence-corrected chi connectivity index (χ1v) is 8.59. The molecule has 3 rings (SSSR count). The lowest BCUT2D eigenvalue weighted by molar-refractivity contribution is 0.206. The van der Waals surface area contributed by atoms with E-state index >= 15 is 0 Å². The monoisotopic (exact) mass is 308 g/mol. The maximum Gasteiger partial charge on any atom is 0.0636 e. The predicted molar refractivity (Wildman–Crippen MR) is 88.8 cm³/mol. The van der Waals surface area contributed by atoms with E-state index in [1.165, 1.54) is 47.4 Å². The second-order valence-electron chi connectivity index (χ2n) is 5.42. The molecule has 1 aliphatic heterocycles. The van der Waals surface area contributed by atoms with Crippen LogP contribution in [0, 0.1) is 0 Å². The Kier molecular flexibility index (Phi) is 4.61. The number of benzene rings is 1. The molecular weight excluding hydrogens is 288 g/mol. The molecule has 2 heterocycles. The molecule has 1 aromatic heterocycles. The van der Waals surface area contributed by atoms with E-state index in [0.717, 1.165) is 11.6 Å². The number of piperidine rings is 1. The van der Waals surface area contributed by atoms with E-state index in [-0.39, 0.29) is 0 Å². The molecule has 1 fully saturated rings. The molecule has 1 N–H and O–H groups in total. The number of nitrogens with one attached hydrogen (secondary N) is 1. The number of halogens is 1. The van der Waals surface area contributed by atoms with Crippen molar-refractivity contribution >= 4 is 33.0 Å². The largest absolute Gasteiger partial charge is 0.309 e. The van der Waals surface area contributed by atoms with Crippen LogP contribution in [0.5, 0.6) is 0 Å². The fourth-order valence-corrected chi connectivity index (χ4v) is 4.32. The van der Waals surface area contributed by atoms with Crippen LogP contribution in [0.25, 0.3) is 10.1 Å². The van der Waals surface area contributed by atoms with Crippen LogP contribution in [0.15, 0.2) is 24.3 Å². The zero-order valence-electron chi connectivity index (χ0n) is 11.9. The van der Waals surface area contributed by atoms with Gasteiger partial charge in [0, 0.05) is 27.5 Å². The van der Waals surface area contributed by atoms with Gasteiger partial charge in [-0.15, -0.1) is 11.3 Å². The molecule has 0 bridgehead atoms. The summed E-state index contributed by atoms with van der Waals surface area (Å²) in [7, 11) is 0. The Labute approximate surface area is 129 Å². The molecule has 2 aromatic rings. The number of fused-ring (bicyclic) bond motifs is 1. The number of hydrogen-bond acceptors (Lipinski definition) is 3. The molecule has 0 aliphatic carbocycles. The van der Waals surface area contributed by atoms with Crippen molar-refractivity contribution in [1.29, 1.82) is 0 Å². The molecular formula is C16H21ClN2S. The van der Waals surface area contributed by atoms with E-state index < -0.39 is 0 Å². The van der Waals surface area contributed by atoms with Crippen LogP contribution >= 0.6 is 22.9 Å². The van der Waals surface area contributed by atoms with Crippen LogP contribution in [0.4, 0.5) is 0 Å². The quantitative estimate of drug-likeness (QED) is 0.913. The fraction of sp³-hybridized carbons (Fsp3) is 0.500. The zero-order chi connectivity index (χ0) is 13.9. The summed E-state index contributed by atoms with van der Waals surface area (Å²) in [5.41, 5.74) is 0. The highest BCUT2D eigenvalue weighted by Gasteiger charge is 2.18. The number of nitrogens with zero attached hydrogens (tertiary/aromatic N) is 1. The molecule has 0 saturated carbocycles. The maximum atomic E-state index is 6.48. The molecule has 1 aliphatic rings. The summed E-state index contributed by atoms with van der Waals surface area (Å²) >= 11 is 8.30. The molecule has 0 spiro atoms. The van der Waals surface area contributed by atoms with Crippen molar-refractivity contribution in [2.24, 2.45) is 0 Å². The van der Waals surface area contributed by atoms with Crippen molar-refractivity contribution in [1.82, 2.24) is 10.2 Å². The van der Waals surface area contributed by atoms with Gasteiger partial charge in [-0.05, 0) is 38.5 Å². The van der Waals surface area contributed by atoms with Gasteiger partial charge in [-0.3, -0.25) is 0 Å². The number of thiophene rings is 1. The molecule has 1 aromatic carbocycles. The minimum atomic E-state index is 0.638. The van der Waals surface area contributed by atoms with E-state index in [9.17, 15) is 0 Å². The van der Waals surface area contributed by atoms with Crippen molar-refractivity contribution in [3.63, 3.8) is 0 Å². The second kappa shape index (κ2) is 6.44. The average Bonchev–Trinajstić information content (AvgIpc) is 2.83. The highest BCUT2D eigenvalue weighted by Crippen LogP contribution is 2.35. The van der Waals surface area contributed by atoms with Gasteiger partial charge in [0.1, 0.15) is 0 Å². The Morgan fingerprint density at radius 1 is 1.30 bits per heavy atom. The second-order valence-corrected chi connectivity index (χ2v) is 6.94. The van der Waals surface area contributed by atoms with Gasteiger partial charge in [0.15, 0.2) is 0 Å². The highest BCUT2D eigenvalue weighted by molar-refractivity contribution is 7.19. The van der Waals surface area contributed by atoms with Crippen LogP contribution in [-0.2, 0) is 6.54 Å². The van der Waals surface area contributed by atoms with Crippen LogP contribution in [0.3, 0.4) is 0 Å². The van der Waals surface area contributed by atoms with Gasteiger partial charge in [-0.2, -0.15) is 0 Å². The lowest BCUT2D eigenvalue weighted by Crippen LogP contribution is -2.41. The van der Waals surface area contributed by atoms with E-state index in [1.807, 2.05) is 11.3 Å². The molecule has 0 atom stereocenters. The summed E-state index contributed by atoms with van der Waals surface area (Å²) in [4.78, 5) is 3.79. The fourth-order valence-electron chi connectivity index (χ4n) is 2.87. The third kappa shape index (κ3) is 3.01. The first kappa shape index (κ1) is 14.3. The Hall–Kier alpha value is -0.610. The molecule has 4 heteroatoms. The van der Waals surface area contributed by atoms with Crippen LogP contribution in [0.2, 0.25) is 5.02 Å². The van der Waals surface area contributed by atoms with E-state index in [2.05, 4.69) is 41.4 Å². The molecule has 0 unspecified atom stereocenters. The smallest absolute Gasteiger partial charge is 0.0636 e. The van der Waals surface area contributed by atoms with Crippen LogP contribution < -0.4 is 5.32 Å². The third-order valence-corrected chi connectivity index (χ3v) is 5.90. The van der Waals surface area contributed by atoms with Gasteiger partial charge >= 0.3 is 0 Å². The predicted octanol–water partition coefficient (Wildman–Crippen LogP) is 4.13. The van der Waals surface area contributed by atoms with Crippen molar-refractivity contribution < 1.29 is 0 Å². The Morgan fingerprint density at radius 2 is 2.05 bits per heavy atom. The van der Waals surface area contributed by atoms with Gasteiger partial charge < -0.3 is 10.2 Å². The summed E-state index contributed by atoms with van der Waals surface area (Å²) in [6.45, 7) is 6.75. The summed E-state index contributed by atoms with van der Waals surface area (Å²) in [5, 5.41) is 5.81. The maximum absolute atomic E-state index is 6.48. The van der Waals surface area contributed by atoms with Crippen molar-refractivity contribution in [3.05, 3.63) is 34.2 Å². The van der Waals surface area contributed by atoms with Gasteiger partial charge in [0.25, 0.3) is 0 Å². The SMILES string of the molecule is CCN1CCC(NCc2sc3ccccc3c2Cl)CC1. The van der Waals surface area contributed by atoms with Crippen molar-refractivity contribution in [2.45, 2.75) is 32.4 Å². The lowest BCUT2D eigenvalue weighted by atomic mass is 10.1. The Bertz CT molecular complexity index is 573. The van der Waals surface area contributed by atoms with Crippen molar-refractivity contribution in [3.8, 4) is 0 Å². The average molecular weight is 309 g/mol. The summed E-state index contributed by atoms with van der Waals surface area (Å²) in [6.07, 6.45) is 2.49. The first-order chi connectivity index (χ1) is 9.78. The van der Waals surface area contributed by atoms with Gasteiger partial charge in [-0.1, -0.05) is 36.7 Å². The zero-order valence-corrected chi connectivity index (χ0v) is 13.4. The molecule has 0 amide bonds. The van der Waals surface area contributed by atoms with Gasteiger partial charge in [0.05, 0.1) is 5.02 Å². The summed E-state index contributed by atoms with van der Waals surface area (Å²) in [5.74, 6) is 0. The van der Waals surface area contributed by atoms with Crippen LogP contribution in [0.1, 0.15) is 24.6 Å². The minimum Gasteiger partial charge on any atom is -0.309 e. The Morgan fingerprint density at radius 3 is 2.75 bits per heavy atom. The number of rotatable bonds is 4. The minimum absolute atomic E-state index is 0.638. The summed E-state index contributed by atoms with van der Waals surface area (Å²) < 4.78 is 1.29. The molecule has 0 radical (unpaired) electrons. The third-order valence-electron chi connectivity index (χ3n) is 4.19. The Balaban J connectivity index is 1.61. The molecule has 108 valence electrons. The normalized spacial score (nSPS) is 17.9. The van der Waals surface area contributed by atoms with Gasteiger partial charge in [-0.25, -0.2) is 0 Å². The van der Waals surface area contributed by atoms with E-state index in [1.54, 1.807) is 0 Å². The van der Waals surface area contributed by atoms with Crippen molar-refractivity contribution in [2.75, 3.05) is 19.6 Å². The highest BCUT2D eigenvalue weighted by atomic mass is 35.5. The lowest BCUT2D eigenvalue weighted by Gasteiger charge is -2.31. The molecule has 2 nitrogen and oxygen atoms in total. The molecule has 1 saturated heterocycles. The van der Waals surface area contributed by atoms with Crippen LogP contribution in [-0.4, -0.2) is 30.6 Å². The number of likely N-dealkylation sites (tertiary alicyclic amines) is 1. The van der Waals surface area contributed by atoms with E-state index in [0.29, 0.717) is 6.04 Å². The first-order valence-electron chi connectivity index (χ1n) is 7.39. The topological polar surface area (TPSA) is 15.3 Å². The standard InChI is InChI=1S/C16H21ClN2S/c1-2-19-9-7-12(8-10-19)18-11-15-16(17)13-5-3-4-6-14(13)20-15/h3-6,12,18H,2,7-11H2,1H3. The van der Waals surface area contributed by atoms with Gasteiger partial charge in [0.2, 0.25) is 0 Å². The number of hydrogen-bond donors (Lipinski definition) is 1. The van der Waals surface area contributed by atoms with E-state index in [4.69, 9.17) is 11.6 Å². The molecule has 20 heavy (non-hydrogen) atoms.